The molecule has 174 valence electrons. The molecule has 0 spiro atoms. The molecule has 6 nitrogen and oxygen atoms in total. The topological polar surface area (TPSA) is 96.2 Å². The van der Waals surface area contributed by atoms with Crippen molar-refractivity contribution in [2.24, 2.45) is 29.4 Å². The van der Waals surface area contributed by atoms with E-state index in [1.807, 2.05) is 38.1 Å². The second kappa shape index (κ2) is 10.4. The van der Waals surface area contributed by atoms with Gasteiger partial charge in [-0.05, 0) is 74.3 Å². The first-order valence-electron chi connectivity index (χ1n) is 11.0. The van der Waals surface area contributed by atoms with E-state index in [4.69, 9.17) is 5.73 Å². The van der Waals surface area contributed by atoms with Crippen molar-refractivity contribution in [3.63, 3.8) is 0 Å². The van der Waals surface area contributed by atoms with Crippen molar-refractivity contribution in [3.8, 4) is 0 Å². The summed E-state index contributed by atoms with van der Waals surface area (Å²) in [5.41, 5.74) is 7.76. The summed E-state index contributed by atoms with van der Waals surface area (Å²) in [6.45, 7) is 3.69. The van der Waals surface area contributed by atoms with Gasteiger partial charge >= 0.3 is 0 Å². The first kappa shape index (κ1) is 25.8. The first-order chi connectivity index (χ1) is 13.8. The molecule has 0 saturated heterocycles. The molecule has 1 atom stereocenters. The van der Waals surface area contributed by atoms with Crippen LogP contribution in [0.15, 0.2) is 24.3 Å². The number of halogens is 2. The second-order valence-corrected chi connectivity index (χ2v) is 9.90. The number of hydrogen-bond acceptors (Lipinski definition) is 4. The molecule has 5 N–H and O–H groups in total. The largest absolute Gasteiger partial charge is 0.378 e. The maximum Gasteiger partial charge on any atom is 0.243 e. The molecule has 4 bridgehead atoms. The normalized spacial score (nSPS) is 28.8. The lowest BCUT2D eigenvalue weighted by Gasteiger charge is -2.57. The Labute approximate surface area is 197 Å². The zero-order valence-electron chi connectivity index (χ0n) is 18.4. The third kappa shape index (κ3) is 5.85. The van der Waals surface area contributed by atoms with Crippen LogP contribution in [-0.4, -0.2) is 29.9 Å². The molecule has 0 unspecified atom stereocenters. The van der Waals surface area contributed by atoms with Gasteiger partial charge in [-0.1, -0.05) is 26.0 Å². The molecule has 0 aliphatic heterocycles. The van der Waals surface area contributed by atoms with E-state index in [2.05, 4.69) is 16.0 Å². The highest BCUT2D eigenvalue weighted by Crippen LogP contribution is 2.56. The first-order valence-corrected chi connectivity index (χ1v) is 11.0. The average molecular weight is 471 g/mol. The number of nitrogens with one attached hydrogen (secondary N) is 3. The minimum absolute atomic E-state index is 0. The Hall–Kier alpha value is -1.50. The van der Waals surface area contributed by atoms with Crippen LogP contribution >= 0.6 is 24.8 Å². The summed E-state index contributed by atoms with van der Waals surface area (Å²) in [7, 11) is 0. The molecule has 8 heteroatoms. The van der Waals surface area contributed by atoms with E-state index in [-0.39, 0.29) is 54.6 Å². The van der Waals surface area contributed by atoms with Crippen molar-refractivity contribution in [3.05, 3.63) is 24.3 Å². The quantitative estimate of drug-likeness (QED) is 0.484. The number of amides is 2. The molecule has 0 heterocycles. The number of hydrogen-bond donors (Lipinski definition) is 4. The van der Waals surface area contributed by atoms with Crippen molar-refractivity contribution in [1.29, 1.82) is 0 Å². The summed E-state index contributed by atoms with van der Waals surface area (Å²) in [4.78, 5) is 24.4. The smallest absolute Gasteiger partial charge is 0.243 e. The average Bonchev–Trinajstić information content (AvgIpc) is 2.65. The van der Waals surface area contributed by atoms with Gasteiger partial charge in [0.2, 0.25) is 11.8 Å². The van der Waals surface area contributed by atoms with Crippen LogP contribution in [0.5, 0.6) is 0 Å². The van der Waals surface area contributed by atoms with Crippen LogP contribution in [0.2, 0.25) is 0 Å². The molecule has 0 aromatic heterocycles. The van der Waals surface area contributed by atoms with Crippen molar-refractivity contribution in [2.75, 3.05) is 17.2 Å². The minimum Gasteiger partial charge on any atom is -0.378 e. The molecule has 4 aliphatic carbocycles. The zero-order valence-corrected chi connectivity index (χ0v) is 20.0. The molecule has 1 aromatic rings. The maximum atomic E-state index is 12.4. The summed E-state index contributed by atoms with van der Waals surface area (Å²) in [6, 6.07) is 7.28. The van der Waals surface area contributed by atoms with Crippen molar-refractivity contribution in [2.45, 2.75) is 64.0 Å². The molecule has 4 aliphatic rings. The summed E-state index contributed by atoms with van der Waals surface area (Å²) >= 11 is 0. The highest BCUT2D eigenvalue weighted by atomic mass is 35.5. The predicted octanol–water partition coefficient (Wildman–Crippen LogP) is 3.95. The van der Waals surface area contributed by atoms with Gasteiger partial charge in [-0.25, -0.2) is 0 Å². The van der Waals surface area contributed by atoms with Gasteiger partial charge in [0.25, 0.3) is 0 Å². The Morgan fingerprint density at radius 1 is 1.00 bits per heavy atom. The van der Waals surface area contributed by atoms with Gasteiger partial charge in [-0.2, -0.15) is 0 Å². The van der Waals surface area contributed by atoms with Gasteiger partial charge in [0.15, 0.2) is 0 Å². The summed E-state index contributed by atoms with van der Waals surface area (Å²) in [5, 5.41) is 9.43. The lowest BCUT2D eigenvalue weighted by atomic mass is 9.53. The Morgan fingerprint density at radius 2 is 1.52 bits per heavy atom. The molecular formula is C23H36Cl2N4O2. The number of para-hydroxylation sites is 2. The summed E-state index contributed by atoms with van der Waals surface area (Å²) in [6.07, 6.45) is 7.92. The van der Waals surface area contributed by atoms with Gasteiger partial charge in [-0.15, -0.1) is 24.8 Å². The second-order valence-electron chi connectivity index (χ2n) is 9.90. The molecule has 31 heavy (non-hydrogen) atoms. The van der Waals surface area contributed by atoms with Crippen LogP contribution in [0, 0.1) is 23.7 Å². The fraction of sp³-hybridized carbons (Fsp3) is 0.652. The van der Waals surface area contributed by atoms with E-state index in [9.17, 15) is 9.59 Å². The monoisotopic (exact) mass is 470 g/mol. The SMILES string of the molecule is CC(C)[C@H](N)C(=O)NCC(=O)Nc1ccccc1NC12CC3CC(CC(C3)C1)C2.Cl.Cl. The molecule has 1 aromatic carbocycles. The van der Waals surface area contributed by atoms with Crippen molar-refractivity contribution in [1.82, 2.24) is 5.32 Å². The number of carbonyl (C=O) groups excluding carboxylic acids is 2. The van der Waals surface area contributed by atoms with Gasteiger partial charge in [0.1, 0.15) is 0 Å². The number of benzene rings is 1. The standard InChI is InChI=1S/C23H34N4O2.2ClH/c1-14(2)21(24)22(29)25-13-20(28)26-18-5-3-4-6-19(18)27-23-10-15-7-16(11-23)9-17(8-15)12-23;;/h3-6,14-17,21,27H,7-13,24H2,1-2H3,(H,25,29)(H,26,28);2*1H/t15?,16?,17?,21-,23?;;/m0../s1. The van der Waals surface area contributed by atoms with Crippen molar-refractivity contribution < 1.29 is 9.59 Å². The lowest BCUT2D eigenvalue weighted by Crippen LogP contribution is -2.54. The fourth-order valence-electron chi connectivity index (χ4n) is 6.03. The molecule has 4 saturated carbocycles. The van der Waals surface area contributed by atoms with Gasteiger partial charge in [0, 0.05) is 5.54 Å². The van der Waals surface area contributed by atoms with Crippen LogP contribution < -0.4 is 21.7 Å². The number of anilines is 2. The van der Waals surface area contributed by atoms with Crippen LogP contribution in [-0.2, 0) is 9.59 Å². The zero-order chi connectivity index (χ0) is 20.6. The van der Waals surface area contributed by atoms with Gasteiger partial charge in [-0.3, -0.25) is 9.59 Å². The third-order valence-corrected chi connectivity index (χ3v) is 7.08. The Balaban J connectivity index is 0.00000171. The Bertz CT molecular complexity index is 751. The maximum absolute atomic E-state index is 12.4. The van der Waals surface area contributed by atoms with E-state index in [1.165, 1.54) is 38.5 Å². The highest BCUT2D eigenvalue weighted by molar-refractivity contribution is 5.97. The molecular weight excluding hydrogens is 435 g/mol. The van der Waals surface area contributed by atoms with E-state index in [0.29, 0.717) is 0 Å². The van der Waals surface area contributed by atoms with E-state index < -0.39 is 6.04 Å². The molecule has 4 fully saturated rings. The number of rotatable bonds is 7. The number of carbonyl (C=O) groups is 2. The molecule has 0 radical (unpaired) electrons. The molecule has 5 rings (SSSR count). The summed E-state index contributed by atoms with van der Waals surface area (Å²) < 4.78 is 0. The highest BCUT2D eigenvalue weighted by Gasteiger charge is 2.51. The summed E-state index contributed by atoms with van der Waals surface area (Å²) in [5.74, 6) is 2.06. The van der Waals surface area contributed by atoms with Gasteiger partial charge in [0.05, 0.1) is 24.0 Å². The van der Waals surface area contributed by atoms with E-state index in [0.717, 1.165) is 29.1 Å². The number of nitrogens with two attached hydrogens (primary N) is 1. The Kier molecular flexibility index (Phi) is 8.65. The van der Waals surface area contributed by atoms with E-state index in [1.54, 1.807) is 0 Å². The van der Waals surface area contributed by atoms with Crippen molar-refractivity contribution >= 4 is 48.0 Å². The molecule has 2 amide bonds. The lowest BCUT2D eigenvalue weighted by molar-refractivity contribution is -0.125. The van der Waals surface area contributed by atoms with Crippen LogP contribution in [0.1, 0.15) is 52.4 Å². The third-order valence-electron chi connectivity index (χ3n) is 7.08. The predicted molar refractivity (Wildman–Crippen MR) is 130 cm³/mol. The minimum atomic E-state index is -0.604. The van der Waals surface area contributed by atoms with E-state index >= 15 is 0 Å². The van der Waals surface area contributed by atoms with Crippen LogP contribution in [0.4, 0.5) is 11.4 Å². The van der Waals surface area contributed by atoms with Gasteiger partial charge < -0.3 is 21.7 Å². The van der Waals surface area contributed by atoms with Crippen LogP contribution in [0.25, 0.3) is 0 Å². The Morgan fingerprint density at radius 3 is 2.03 bits per heavy atom. The van der Waals surface area contributed by atoms with Crippen LogP contribution in [0.3, 0.4) is 0 Å². The fourth-order valence-corrected chi connectivity index (χ4v) is 6.03.